The second-order valence-electron chi connectivity index (χ2n) is 4.21. The minimum Gasteiger partial charge on any atom is -0.387 e. The average Bonchev–Trinajstić information content (AvgIpc) is 2.98. The molecule has 0 fully saturated rings. The first-order valence-electron chi connectivity index (χ1n) is 5.91. The van der Waals surface area contributed by atoms with E-state index in [-0.39, 0.29) is 22.8 Å². The Hall–Kier alpha value is -1.96. The number of nitrogens with zero attached hydrogens (tertiary/aromatic N) is 1. The van der Waals surface area contributed by atoms with Gasteiger partial charge in [0.15, 0.2) is 0 Å². The predicted octanol–water partition coefficient (Wildman–Crippen LogP) is 2.77. The molecule has 2 N–H and O–H groups in total. The standard InChI is InChI=1S/C13H11ClN2O4S/c14-10-2-1-8(5-11(10)16(19)20)13(18)15-6-12(17)9-3-4-21-7-9/h1-5,7,12,17H,6H2,(H,15,18). The fourth-order valence-corrected chi connectivity index (χ4v) is 2.56. The molecular formula is C13H11ClN2O4S. The Labute approximate surface area is 129 Å². The highest BCUT2D eigenvalue weighted by Gasteiger charge is 2.17. The average molecular weight is 327 g/mol. The third-order valence-corrected chi connectivity index (χ3v) is 3.81. The van der Waals surface area contributed by atoms with Crippen LogP contribution in [0.15, 0.2) is 35.0 Å². The first kappa shape index (κ1) is 15.4. The number of halogens is 1. The first-order valence-corrected chi connectivity index (χ1v) is 7.23. The Bertz CT molecular complexity index is 660. The molecule has 0 saturated heterocycles. The van der Waals surface area contributed by atoms with E-state index in [0.717, 1.165) is 6.07 Å². The van der Waals surface area contributed by atoms with Crippen molar-refractivity contribution in [2.75, 3.05) is 6.54 Å². The monoisotopic (exact) mass is 326 g/mol. The van der Waals surface area contributed by atoms with Gasteiger partial charge < -0.3 is 10.4 Å². The summed E-state index contributed by atoms with van der Waals surface area (Å²) >= 11 is 7.12. The normalized spacial score (nSPS) is 11.9. The maximum Gasteiger partial charge on any atom is 0.288 e. The number of benzene rings is 1. The van der Waals surface area contributed by atoms with Gasteiger partial charge in [-0.05, 0) is 34.5 Å². The molecule has 110 valence electrons. The highest BCUT2D eigenvalue weighted by Crippen LogP contribution is 2.25. The van der Waals surface area contributed by atoms with Gasteiger partial charge in [0.1, 0.15) is 5.02 Å². The van der Waals surface area contributed by atoms with E-state index in [1.54, 1.807) is 11.4 Å². The Morgan fingerprint density at radius 2 is 2.24 bits per heavy atom. The molecule has 0 aliphatic rings. The third-order valence-electron chi connectivity index (χ3n) is 2.79. The maximum atomic E-state index is 11.9. The van der Waals surface area contributed by atoms with Crippen LogP contribution >= 0.6 is 22.9 Å². The number of nitro groups is 1. The number of aliphatic hydroxyl groups is 1. The van der Waals surface area contributed by atoms with Crippen LogP contribution in [0.1, 0.15) is 22.0 Å². The van der Waals surface area contributed by atoms with E-state index >= 15 is 0 Å². The summed E-state index contributed by atoms with van der Waals surface area (Å²) in [7, 11) is 0. The molecule has 1 atom stereocenters. The van der Waals surface area contributed by atoms with Crippen LogP contribution in [0, 0.1) is 10.1 Å². The molecule has 1 amide bonds. The molecule has 0 saturated carbocycles. The SMILES string of the molecule is O=C(NCC(O)c1ccsc1)c1ccc(Cl)c([N+](=O)[O-])c1. The first-order chi connectivity index (χ1) is 9.99. The van der Waals surface area contributed by atoms with Gasteiger partial charge in [-0.15, -0.1) is 0 Å². The van der Waals surface area contributed by atoms with Crippen LogP contribution in [-0.2, 0) is 0 Å². The minimum absolute atomic E-state index is 0.0198. The lowest BCUT2D eigenvalue weighted by Gasteiger charge is -2.10. The van der Waals surface area contributed by atoms with E-state index in [1.807, 2.05) is 5.38 Å². The smallest absolute Gasteiger partial charge is 0.288 e. The van der Waals surface area contributed by atoms with E-state index < -0.39 is 16.9 Å². The second kappa shape index (κ2) is 6.66. The summed E-state index contributed by atoms with van der Waals surface area (Å²) in [6.07, 6.45) is -0.817. The Balaban J connectivity index is 2.04. The fraction of sp³-hybridized carbons (Fsp3) is 0.154. The number of nitrogens with one attached hydrogen (secondary N) is 1. The van der Waals surface area contributed by atoms with Crippen LogP contribution in [0.5, 0.6) is 0 Å². The van der Waals surface area contributed by atoms with Crippen molar-refractivity contribution in [2.45, 2.75) is 6.10 Å². The van der Waals surface area contributed by atoms with E-state index in [4.69, 9.17) is 11.6 Å². The van der Waals surface area contributed by atoms with Crippen molar-refractivity contribution < 1.29 is 14.8 Å². The van der Waals surface area contributed by atoms with Crippen molar-refractivity contribution in [3.63, 3.8) is 0 Å². The zero-order valence-electron chi connectivity index (χ0n) is 10.7. The molecule has 1 aromatic heterocycles. The lowest BCUT2D eigenvalue weighted by molar-refractivity contribution is -0.384. The number of rotatable bonds is 5. The molecule has 1 unspecified atom stereocenters. The van der Waals surface area contributed by atoms with Gasteiger partial charge >= 0.3 is 0 Å². The number of carbonyl (C=O) groups is 1. The van der Waals surface area contributed by atoms with Crippen LogP contribution < -0.4 is 5.32 Å². The molecule has 6 nitrogen and oxygen atoms in total. The van der Waals surface area contributed by atoms with Gasteiger partial charge in [0.05, 0.1) is 11.0 Å². The summed E-state index contributed by atoms with van der Waals surface area (Å²) in [5.41, 5.74) is 0.494. The zero-order chi connectivity index (χ0) is 15.4. The van der Waals surface area contributed by atoms with Gasteiger partial charge in [-0.1, -0.05) is 11.6 Å². The van der Waals surface area contributed by atoms with Crippen LogP contribution in [0.2, 0.25) is 5.02 Å². The summed E-state index contributed by atoms with van der Waals surface area (Å²) < 4.78 is 0. The van der Waals surface area contributed by atoms with Crippen molar-refractivity contribution in [3.8, 4) is 0 Å². The molecule has 2 rings (SSSR count). The molecular weight excluding hydrogens is 316 g/mol. The van der Waals surface area contributed by atoms with Gasteiger partial charge in [-0.25, -0.2) is 0 Å². The second-order valence-corrected chi connectivity index (χ2v) is 5.39. The summed E-state index contributed by atoms with van der Waals surface area (Å²) in [5.74, 6) is -0.510. The summed E-state index contributed by atoms with van der Waals surface area (Å²) in [5, 5.41) is 26.7. The quantitative estimate of drug-likeness (QED) is 0.652. The topological polar surface area (TPSA) is 92.5 Å². The van der Waals surface area contributed by atoms with Crippen molar-refractivity contribution in [1.82, 2.24) is 5.32 Å². The number of hydrogen-bond donors (Lipinski definition) is 2. The number of aliphatic hydroxyl groups excluding tert-OH is 1. The van der Waals surface area contributed by atoms with E-state index in [9.17, 15) is 20.0 Å². The number of amides is 1. The number of nitro benzene ring substituents is 1. The Morgan fingerprint density at radius 3 is 2.86 bits per heavy atom. The van der Waals surface area contributed by atoms with Crippen LogP contribution in [0.3, 0.4) is 0 Å². The van der Waals surface area contributed by atoms with Crippen molar-refractivity contribution in [1.29, 1.82) is 0 Å². The van der Waals surface area contributed by atoms with E-state index in [0.29, 0.717) is 5.56 Å². The molecule has 0 radical (unpaired) electrons. The van der Waals surface area contributed by atoms with Gasteiger partial charge in [-0.3, -0.25) is 14.9 Å². The number of hydrogen-bond acceptors (Lipinski definition) is 5. The fourth-order valence-electron chi connectivity index (χ4n) is 1.67. The number of thiophene rings is 1. The molecule has 21 heavy (non-hydrogen) atoms. The van der Waals surface area contributed by atoms with E-state index in [2.05, 4.69) is 5.32 Å². The van der Waals surface area contributed by atoms with Gasteiger partial charge in [-0.2, -0.15) is 11.3 Å². The lowest BCUT2D eigenvalue weighted by Crippen LogP contribution is -2.28. The van der Waals surface area contributed by atoms with Crippen molar-refractivity contribution in [2.24, 2.45) is 0 Å². The van der Waals surface area contributed by atoms with Crippen molar-refractivity contribution in [3.05, 3.63) is 61.3 Å². The van der Waals surface area contributed by atoms with Crippen molar-refractivity contribution >= 4 is 34.5 Å². The Kier molecular flexibility index (Phi) is 4.89. The van der Waals surface area contributed by atoms with E-state index in [1.165, 1.54) is 23.5 Å². The Morgan fingerprint density at radius 1 is 1.48 bits per heavy atom. The molecule has 0 aliphatic carbocycles. The maximum absolute atomic E-state index is 11.9. The molecule has 0 aliphatic heterocycles. The highest BCUT2D eigenvalue weighted by molar-refractivity contribution is 7.07. The van der Waals surface area contributed by atoms with Crippen LogP contribution in [-0.4, -0.2) is 22.5 Å². The summed E-state index contributed by atoms with van der Waals surface area (Å²) in [6, 6.07) is 5.55. The van der Waals surface area contributed by atoms with Crippen LogP contribution in [0.25, 0.3) is 0 Å². The zero-order valence-corrected chi connectivity index (χ0v) is 12.2. The van der Waals surface area contributed by atoms with Gasteiger partial charge in [0.2, 0.25) is 0 Å². The molecule has 1 aromatic carbocycles. The van der Waals surface area contributed by atoms with Crippen LogP contribution in [0.4, 0.5) is 5.69 Å². The molecule has 1 heterocycles. The predicted molar refractivity (Wildman–Crippen MR) is 79.7 cm³/mol. The minimum atomic E-state index is -0.817. The lowest BCUT2D eigenvalue weighted by atomic mass is 10.1. The molecule has 0 spiro atoms. The molecule has 0 bridgehead atoms. The van der Waals surface area contributed by atoms with Gasteiger partial charge in [0, 0.05) is 18.2 Å². The summed E-state index contributed by atoms with van der Waals surface area (Å²) in [4.78, 5) is 22.0. The van der Waals surface area contributed by atoms with Gasteiger partial charge in [0.25, 0.3) is 11.6 Å². The number of carbonyl (C=O) groups excluding carboxylic acids is 1. The largest absolute Gasteiger partial charge is 0.387 e. The summed E-state index contributed by atoms with van der Waals surface area (Å²) in [6.45, 7) is 0.0198. The molecule has 2 aromatic rings. The highest BCUT2D eigenvalue weighted by atomic mass is 35.5. The third kappa shape index (κ3) is 3.78. The molecule has 8 heteroatoms.